The zero-order valence-corrected chi connectivity index (χ0v) is 26.3. The van der Waals surface area contributed by atoms with Gasteiger partial charge in [0.15, 0.2) is 11.6 Å². The summed E-state index contributed by atoms with van der Waals surface area (Å²) in [5, 5.41) is 12.3. The Labute approximate surface area is 267 Å². The van der Waals surface area contributed by atoms with E-state index in [0.717, 1.165) is 32.5 Å². The Bertz CT molecular complexity index is 1540. The maximum Gasteiger partial charge on any atom is 0.252 e. The summed E-state index contributed by atoms with van der Waals surface area (Å²) in [4.78, 5) is 19.5. The molecule has 1 aliphatic heterocycles. The quantitative estimate of drug-likeness (QED) is 0.152. The summed E-state index contributed by atoms with van der Waals surface area (Å²) in [6.45, 7) is 3.45. The Morgan fingerprint density at radius 3 is 2.41 bits per heavy atom. The molecule has 0 aliphatic carbocycles. The molecule has 2 atom stereocenters. The van der Waals surface area contributed by atoms with Gasteiger partial charge < -0.3 is 24.6 Å². The van der Waals surface area contributed by atoms with Crippen molar-refractivity contribution in [2.24, 2.45) is 4.99 Å². The van der Waals surface area contributed by atoms with E-state index >= 15 is 0 Å². The van der Waals surface area contributed by atoms with Crippen LogP contribution in [0, 0.1) is 0 Å². The molecule has 0 unspecified atom stereocenters. The van der Waals surface area contributed by atoms with Crippen molar-refractivity contribution >= 4 is 27.7 Å². The Balaban J connectivity index is 1.49. The number of benzene rings is 4. The van der Waals surface area contributed by atoms with E-state index in [-0.39, 0.29) is 12.5 Å². The van der Waals surface area contributed by atoms with Crippen LogP contribution in [0.5, 0.6) is 11.5 Å². The molecule has 8 heteroatoms. The summed E-state index contributed by atoms with van der Waals surface area (Å²) in [7, 11) is 0. The van der Waals surface area contributed by atoms with Crippen molar-refractivity contribution in [3.05, 3.63) is 130 Å². The lowest BCUT2D eigenvalue weighted by Crippen LogP contribution is -2.50. The third-order valence-corrected chi connectivity index (χ3v) is 8.00. The lowest BCUT2D eigenvalue weighted by molar-refractivity contribution is -0.128. The largest absolute Gasteiger partial charge is 0.494 e. The Kier molecular flexibility index (Phi) is 10.7. The number of amides is 1. The Morgan fingerprint density at radius 2 is 1.68 bits per heavy atom. The van der Waals surface area contributed by atoms with Crippen molar-refractivity contribution in [3.8, 4) is 11.5 Å². The van der Waals surface area contributed by atoms with Crippen molar-refractivity contribution in [3.63, 3.8) is 0 Å². The molecule has 5 rings (SSSR count). The van der Waals surface area contributed by atoms with E-state index in [2.05, 4.69) is 21.2 Å². The molecule has 4 aromatic carbocycles. The van der Waals surface area contributed by atoms with Gasteiger partial charge in [-0.05, 0) is 72.5 Å². The fourth-order valence-corrected chi connectivity index (χ4v) is 5.56. The van der Waals surface area contributed by atoms with E-state index < -0.39 is 11.6 Å². The minimum atomic E-state index is -1.26. The van der Waals surface area contributed by atoms with E-state index in [1.165, 1.54) is 0 Å². The predicted molar refractivity (Wildman–Crippen MR) is 175 cm³/mol. The molecule has 4 aromatic rings. The first kappa shape index (κ1) is 31.3. The first-order valence-electron chi connectivity index (χ1n) is 14.9. The molecule has 0 saturated heterocycles. The van der Waals surface area contributed by atoms with Gasteiger partial charge in [-0.1, -0.05) is 76.6 Å². The summed E-state index contributed by atoms with van der Waals surface area (Å²) in [5.74, 6) is 1.70. The molecule has 0 aromatic heterocycles. The van der Waals surface area contributed by atoms with Crippen LogP contribution in [0.3, 0.4) is 0 Å². The standard InChI is InChI=1S/C36H37BrN2O5/c1-2-42-32-12-7-6-11-27(32)21-22-38-35(41)36(25-26-9-4-3-5-10-26)33(28-13-17-30(37)18-14-28)44-34(39-36)29-15-19-31(20-16-29)43-24-8-23-40/h3-7,9-20,33,40H,2,8,21-25H2,1H3,(H,38,41)/t33-,36-/m1/s1. The van der Waals surface area contributed by atoms with Crippen molar-refractivity contribution in [1.29, 1.82) is 0 Å². The highest BCUT2D eigenvalue weighted by atomic mass is 79.9. The number of aliphatic hydroxyl groups excluding tert-OH is 1. The minimum Gasteiger partial charge on any atom is -0.494 e. The molecule has 1 aliphatic rings. The van der Waals surface area contributed by atoms with Gasteiger partial charge in [0.05, 0.1) is 13.2 Å². The lowest BCUT2D eigenvalue weighted by Gasteiger charge is -2.31. The summed E-state index contributed by atoms with van der Waals surface area (Å²) in [6.07, 6.45) is 0.853. The zero-order chi connectivity index (χ0) is 30.8. The molecular weight excluding hydrogens is 620 g/mol. The van der Waals surface area contributed by atoms with Crippen molar-refractivity contribution in [1.82, 2.24) is 5.32 Å². The fourth-order valence-electron chi connectivity index (χ4n) is 5.30. The zero-order valence-electron chi connectivity index (χ0n) is 24.7. The second-order valence-corrected chi connectivity index (χ2v) is 11.5. The van der Waals surface area contributed by atoms with Crippen LogP contribution in [0.25, 0.3) is 0 Å². The maximum absolute atomic E-state index is 14.4. The number of rotatable bonds is 14. The molecule has 0 radical (unpaired) electrons. The number of nitrogens with one attached hydrogen (secondary N) is 1. The highest BCUT2D eigenvalue weighted by Gasteiger charge is 2.53. The monoisotopic (exact) mass is 656 g/mol. The topological polar surface area (TPSA) is 89.4 Å². The molecule has 0 fully saturated rings. The number of hydrogen-bond donors (Lipinski definition) is 2. The van der Waals surface area contributed by atoms with Crippen LogP contribution in [-0.4, -0.2) is 48.8 Å². The van der Waals surface area contributed by atoms with E-state index in [0.29, 0.717) is 50.7 Å². The summed E-state index contributed by atoms with van der Waals surface area (Å²) in [6, 6.07) is 33.1. The molecule has 1 amide bonds. The molecule has 0 spiro atoms. The molecule has 0 saturated carbocycles. The molecule has 44 heavy (non-hydrogen) atoms. The van der Waals surface area contributed by atoms with Gasteiger partial charge >= 0.3 is 0 Å². The second-order valence-electron chi connectivity index (χ2n) is 10.5. The molecule has 2 N–H and O–H groups in total. The van der Waals surface area contributed by atoms with Gasteiger partial charge in [-0.25, -0.2) is 4.99 Å². The second kappa shape index (κ2) is 15.0. The van der Waals surface area contributed by atoms with Gasteiger partial charge in [-0.2, -0.15) is 0 Å². The number of aliphatic hydroxyl groups is 1. The molecule has 0 bridgehead atoms. The van der Waals surface area contributed by atoms with Crippen LogP contribution in [0.4, 0.5) is 0 Å². The number of nitrogens with zero attached hydrogens (tertiary/aromatic N) is 1. The molecule has 1 heterocycles. The highest BCUT2D eigenvalue weighted by Crippen LogP contribution is 2.43. The Hall–Kier alpha value is -4.14. The Morgan fingerprint density at radius 1 is 0.955 bits per heavy atom. The summed E-state index contributed by atoms with van der Waals surface area (Å²) in [5.41, 5.74) is 2.34. The number of ether oxygens (including phenoxy) is 3. The molecule has 228 valence electrons. The van der Waals surface area contributed by atoms with Gasteiger partial charge in [0.2, 0.25) is 5.90 Å². The van der Waals surface area contributed by atoms with E-state index in [4.69, 9.17) is 24.3 Å². The number of para-hydroxylation sites is 1. The van der Waals surface area contributed by atoms with Crippen molar-refractivity contribution in [2.45, 2.75) is 37.8 Å². The van der Waals surface area contributed by atoms with Crippen LogP contribution in [0.1, 0.15) is 41.7 Å². The van der Waals surface area contributed by atoms with Gasteiger partial charge in [-0.3, -0.25) is 4.79 Å². The highest BCUT2D eigenvalue weighted by molar-refractivity contribution is 9.10. The number of aliphatic imine (C=N–C) groups is 1. The fraction of sp³-hybridized carbons (Fsp3) is 0.278. The number of carbonyl (C=O) groups excluding carboxylic acids is 1. The summed E-state index contributed by atoms with van der Waals surface area (Å²) < 4.78 is 19.1. The van der Waals surface area contributed by atoms with Gasteiger partial charge in [0.25, 0.3) is 5.91 Å². The maximum atomic E-state index is 14.4. The van der Waals surface area contributed by atoms with Crippen LogP contribution in [-0.2, 0) is 22.4 Å². The van der Waals surface area contributed by atoms with Crippen molar-refractivity contribution < 1.29 is 24.1 Å². The van der Waals surface area contributed by atoms with Gasteiger partial charge in [0, 0.05) is 36.0 Å². The number of halogens is 1. The number of carbonyl (C=O) groups is 1. The SMILES string of the molecule is CCOc1ccccc1CCNC(=O)[C@]1(Cc2ccccc2)N=C(c2ccc(OCCCO)cc2)O[C@@H]1c1ccc(Br)cc1. The van der Waals surface area contributed by atoms with E-state index in [9.17, 15) is 4.79 Å². The predicted octanol–water partition coefficient (Wildman–Crippen LogP) is 6.47. The van der Waals surface area contributed by atoms with E-state index in [1.807, 2.05) is 110 Å². The third kappa shape index (κ3) is 7.49. The third-order valence-electron chi connectivity index (χ3n) is 7.47. The van der Waals surface area contributed by atoms with Gasteiger partial charge in [0.1, 0.15) is 11.5 Å². The van der Waals surface area contributed by atoms with Crippen LogP contribution in [0.15, 0.2) is 113 Å². The van der Waals surface area contributed by atoms with Crippen LogP contribution < -0.4 is 14.8 Å². The normalized spacial score (nSPS) is 17.4. The van der Waals surface area contributed by atoms with Gasteiger partial charge in [-0.15, -0.1) is 0 Å². The number of hydrogen-bond acceptors (Lipinski definition) is 6. The lowest BCUT2D eigenvalue weighted by atomic mass is 9.82. The van der Waals surface area contributed by atoms with Crippen LogP contribution in [0.2, 0.25) is 0 Å². The minimum absolute atomic E-state index is 0.0742. The van der Waals surface area contributed by atoms with Crippen LogP contribution >= 0.6 is 15.9 Å². The smallest absolute Gasteiger partial charge is 0.252 e. The molecular formula is C36H37BrN2O5. The first-order chi connectivity index (χ1) is 21.5. The average Bonchev–Trinajstić information content (AvgIpc) is 3.43. The van der Waals surface area contributed by atoms with E-state index in [1.54, 1.807) is 0 Å². The van der Waals surface area contributed by atoms with Crippen molar-refractivity contribution in [2.75, 3.05) is 26.4 Å². The average molecular weight is 658 g/mol. The molecule has 7 nitrogen and oxygen atoms in total. The first-order valence-corrected chi connectivity index (χ1v) is 15.7. The summed E-state index contributed by atoms with van der Waals surface area (Å²) >= 11 is 3.53.